The number of hydrogen-bond donors (Lipinski definition) is 2. The number of anilines is 1. The van der Waals surface area contributed by atoms with Gasteiger partial charge in [-0.3, -0.25) is 0 Å². The van der Waals surface area contributed by atoms with Crippen molar-refractivity contribution in [2.75, 3.05) is 25.0 Å². The van der Waals surface area contributed by atoms with Crippen LogP contribution in [0.25, 0.3) is 0 Å². The van der Waals surface area contributed by atoms with Gasteiger partial charge in [-0.05, 0) is 60.9 Å². The fraction of sp³-hybridized carbons (Fsp3) is 0.296. The van der Waals surface area contributed by atoms with Gasteiger partial charge >= 0.3 is 6.03 Å². The highest BCUT2D eigenvalue weighted by Crippen LogP contribution is 2.27. The van der Waals surface area contributed by atoms with Gasteiger partial charge in [-0.25, -0.2) is 4.79 Å². The van der Waals surface area contributed by atoms with E-state index >= 15 is 0 Å². The standard InChI is InChI=1S/C27H29Cl2N3O2/c28-21-9-11-25(12-10-21)34-26(20-5-2-1-3-6-20)15-18-32-16-13-23(14-17-32)30-27(33)31-24-8-4-7-22(29)19-24/h1-12,19,23,26H,13-18H2,(H2,30,31,33). The van der Waals surface area contributed by atoms with Crippen LogP contribution >= 0.6 is 23.2 Å². The molecule has 1 saturated heterocycles. The zero-order valence-electron chi connectivity index (χ0n) is 18.9. The predicted octanol–water partition coefficient (Wildman–Crippen LogP) is 6.79. The van der Waals surface area contributed by atoms with Crippen molar-refractivity contribution in [3.05, 3.63) is 94.5 Å². The number of ether oxygens (including phenoxy) is 1. The van der Waals surface area contributed by atoms with E-state index in [0.29, 0.717) is 15.7 Å². The van der Waals surface area contributed by atoms with E-state index in [0.717, 1.165) is 50.2 Å². The second-order valence-corrected chi connectivity index (χ2v) is 9.36. The van der Waals surface area contributed by atoms with Gasteiger partial charge in [0.25, 0.3) is 0 Å². The summed E-state index contributed by atoms with van der Waals surface area (Å²) in [5.41, 5.74) is 1.85. The maximum atomic E-state index is 12.3. The average molecular weight is 498 g/mol. The normalized spacial score (nSPS) is 15.5. The molecule has 1 aliphatic heterocycles. The van der Waals surface area contributed by atoms with Crippen LogP contribution in [0.15, 0.2) is 78.9 Å². The highest BCUT2D eigenvalue weighted by atomic mass is 35.5. The van der Waals surface area contributed by atoms with Gasteiger partial charge in [0.05, 0.1) is 0 Å². The van der Waals surface area contributed by atoms with Crippen LogP contribution in [0.3, 0.4) is 0 Å². The van der Waals surface area contributed by atoms with Crippen LogP contribution in [0.5, 0.6) is 5.75 Å². The van der Waals surface area contributed by atoms with Gasteiger partial charge in [0, 0.05) is 47.8 Å². The lowest BCUT2D eigenvalue weighted by Crippen LogP contribution is -2.46. The van der Waals surface area contributed by atoms with Gasteiger partial charge in [-0.1, -0.05) is 59.6 Å². The Balaban J connectivity index is 1.25. The van der Waals surface area contributed by atoms with Crippen LogP contribution in [0.1, 0.15) is 30.9 Å². The highest BCUT2D eigenvalue weighted by Gasteiger charge is 2.22. The summed E-state index contributed by atoms with van der Waals surface area (Å²) >= 11 is 12.0. The Bertz CT molecular complexity index is 1050. The molecule has 0 saturated carbocycles. The third-order valence-corrected chi connectivity index (χ3v) is 6.46. The summed E-state index contributed by atoms with van der Waals surface area (Å²) in [5.74, 6) is 0.812. The van der Waals surface area contributed by atoms with Gasteiger partial charge in [-0.15, -0.1) is 0 Å². The van der Waals surface area contributed by atoms with Crippen molar-refractivity contribution < 1.29 is 9.53 Å². The molecule has 2 amide bonds. The van der Waals surface area contributed by atoms with Crippen molar-refractivity contribution in [3.63, 3.8) is 0 Å². The Labute approximate surface area is 211 Å². The second-order valence-electron chi connectivity index (χ2n) is 8.48. The third-order valence-electron chi connectivity index (χ3n) is 5.98. The van der Waals surface area contributed by atoms with E-state index in [9.17, 15) is 4.79 Å². The Morgan fingerprint density at radius 2 is 1.68 bits per heavy atom. The van der Waals surface area contributed by atoms with Crippen LogP contribution < -0.4 is 15.4 Å². The van der Waals surface area contributed by atoms with Gasteiger partial charge < -0.3 is 20.3 Å². The lowest BCUT2D eigenvalue weighted by Gasteiger charge is -2.33. The summed E-state index contributed by atoms with van der Waals surface area (Å²) in [6.45, 7) is 2.80. The van der Waals surface area contributed by atoms with Crippen molar-refractivity contribution in [2.24, 2.45) is 0 Å². The molecule has 3 aromatic carbocycles. The molecule has 7 heteroatoms. The zero-order valence-corrected chi connectivity index (χ0v) is 20.4. The Kier molecular flexibility index (Phi) is 8.69. The number of nitrogens with zero attached hydrogens (tertiary/aromatic N) is 1. The molecule has 5 nitrogen and oxygen atoms in total. The molecule has 3 aromatic rings. The number of urea groups is 1. The number of likely N-dealkylation sites (tertiary alicyclic amines) is 1. The van der Waals surface area contributed by atoms with Crippen molar-refractivity contribution in [1.82, 2.24) is 10.2 Å². The minimum absolute atomic E-state index is 0.0401. The van der Waals surface area contributed by atoms with Crippen LogP contribution in [0, 0.1) is 0 Å². The first-order valence-electron chi connectivity index (χ1n) is 11.6. The van der Waals surface area contributed by atoms with Gasteiger partial charge in [0.2, 0.25) is 0 Å². The first-order valence-corrected chi connectivity index (χ1v) is 12.3. The Morgan fingerprint density at radius 3 is 2.38 bits per heavy atom. The van der Waals surface area contributed by atoms with Crippen molar-refractivity contribution >= 4 is 34.9 Å². The molecule has 0 bridgehead atoms. The Hall–Kier alpha value is -2.73. The molecule has 1 atom stereocenters. The molecule has 34 heavy (non-hydrogen) atoms. The van der Waals surface area contributed by atoms with Crippen LogP contribution in [0.4, 0.5) is 10.5 Å². The van der Waals surface area contributed by atoms with E-state index in [4.69, 9.17) is 27.9 Å². The topological polar surface area (TPSA) is 53.6 Å². The highest BCUT2D eigenvalue weighted by molar-refractivity contribution is 6.31. The molecule has 4 rings (SSSR count). The molecule has 178 valence electrons. The van der Waals surface area contributed by atoms with Crippen molar-refractivity contribution in [1.29, 1.82) is 0 Å². The molecule has 0 aromatic heterocycles. The number of hydrogen-bond acceptors (Lipinski definition) is 3. The molecule has 0 aliphatic carbocycles. The molecule has 0 spiro atoms. The quantitative estimate of drug-likeness (QED) is 0.360. The Morgan fingerprint density at radius 1 is 0.941 bits per heavy atom. The van der Waals surface area contributed by atoms with E-state index in [1.165, 1.54) is 0 Å². The van der Waals surface area contributed by atoms with Crippen molar-refractivity contribution in [2.45, 2.75) is 31.4 Å². The fourth-order valence-electron chi connectivity index (χ4n) is 4.16. The van der Waals surface area contributed by atoms with E-state index in [-0.39, 0.29) is 18.2 Å². The predicted molar refractivity (Wildman–Crippen MR) is 139 cm³/mol. The number of halogens is 2. The van der Waals surface area contributed by atoms with Crippen molar-refractivity contribution in [3.8, 4) is 5.75 Å². The molecule has 1 fully saturated rings. The first-order chi connectivity index (χ1) is 16.5. The van der Waals surface area contributed by atoms with Crippen LogP contribution in [-0.4, -0.2) is 36.6 Å². The number of piperidine rings is 1. The largest absolute Gasteiger partial charge is 0.486 e. The lowest BCUT2D eigenvalue weighted by atomic mass is 10.0. The maximum Gasteiger partial charge on any atom is 0.319 e. The van der Waals surface area contributed by atoms with E-state index in [1.54, 1.807) is 12.1 Å². The number of carbonyl (C=O) groups is 1. The minimum Gasteiger partial charge on any atom is -0.486 e. The summed E-state index contributed by atoms with van der Waals surface area (Å²) in [7, 11) is 0. The summed E-state index contributed by atoms with van der Waals surface area (Å²) in [4.78, 5) is 14.8. The van der Waals surface area contributed by atoms with Gasteiger partial charge in [0.1, 0.15) is 11.9 Å². The van der Waals surface area contributed by atoms with E-state index in [1.807, 2.05) is 54.6 Å². The average Bonchev–Trinajstić information content (AvgIpc) is 2.84. The monoisotopic (exact) mass is 497 g/mol. The summed E-state index contributed by atoms with van der Waals surface area (Å²) in [6.07, 6.45) is 2.66. The number of amides is 2. The van der Waals surface area contributed by atoms with Gasteiger partial charge in [-0.2, -0.15) is 0 Å². The zero-order chi connectivity index (χ0) is 23.8. The second kappa shape index (κ2) is 12.1. The smallest absolute Gasteiger partial charge is 0.319 e. The number of rotatable bonds is 8. The summed E-state index contributed by atoms with van der Waals surface area (Å²) in [5, 5.41) is 7.23. The fourth-order valence-corrected chi connectivity index (χ4v) is 4.47. The first kappa shape index (κ1) is 24.4. The molecule has 2 N–H and O–H groups in total. The maximum absolute atomic E-state index is 12.3. The SMILES string of the molecule is O=C(Nc1cccc(Cl)c1)NC1CCN(CCC(Oc2ccc(Cl)cc2)c2ccccc2)CC1. The molecular weight excluding hydrogens is 469 g/mol. The van der Waals surface area contributed by atoms with Crippen LogP contribution in [-0.2, 0) is 0 Å². The minimum atomic E-state index is -0.193. The summed E-state index contributed by atoms with van der Waals surface area (Å²) in [6, 6.07) is 24.9. The molecule has 1 aliphatic rings. The lowest BCUT2D eigenvalue weighted by molar-refractivity contribution is 0.144. The van der Waals surface area contributed by atoms with Gasteiger partial charge in [0.15, 0.2) is 0 Å². The van der Waals surface area contributed by atoms with Crippen LogP contribution in [0.2, 0.25) is 10.0 Å². The third kappa shape index (κ3) is 7.39. The summed E-state index contributed by atoms with van der Waals surface area (Å²) < 4.78 is 6.33. The van der Waals surface area contributed by atoms with E-state index < -0.39 is 0 Å². The molecule has 1 unspecified atom stereocenters. The number of benzene rings is 3. The number of nitrogens with one attached hydrogen (secondary N) is 2. The van der Waals surface area contributed by atoms with E-state index in [2.05, 4.69) is 27.7 Å². The molecule has 1 heterocycles. The molecule has 0 radical (unpaired) electrons. The molecular formula is C27H29Cl2N3O2. The number of carbonyl (C=O) groups excluding carboxylic acids is 1.